The molecule has 0 aliphatic heterocycles. The predicted molar refractivity (Wildman–Crippen MR) is 74.7 cm³/mol. The van der Waals surface area contributed by atoms with E-state index in [-0.39, 0.29) is 22.8 Å². The SMILES string of the molecule is COc1c(C=CC(C)C)c(O)c2c(C)coc2c1O. The number of ether oxygens (including phenoxy) is 1. The van der Waals surface area contributed by atoms with Crippen LogP contribution in [0.5, 0.6) is 17.2 Å². The third kappa shape index (κ3) is 2.14. The zero-order valence-electron chi connectivity index (χ0n) is 11.5. The molecule has 102 valence electrons. The van der Waals surface area contributed by atoms with Crippen LogP contribution in [0.2, 0.25) is 0 Å². The van der Waals surface area contributed by atoms with Gasteiger partial charge in [-0.1, -0.05) is 26.0 Å². The fourth-order valence-corrected chi connectivity index (χ4v) is 2.04. The number of hydrogen-bond donors (Lipinski definition) is 2. The van der Waals surface area contributed by atoms with Crippen molar-refractivity contribution in [1.29, 1.82) is 0 Å². The molecule has 0 fully saturated rings. The van der Waals surface area contributed by atoms with Crippen LogP contribution in [0.15, 0.2) is 16.8 Å². The number of phenolic OH excluding ortho intramolecular Hbond substituents is 2. The van der Waals surface area contributed by atoms with Crippen molar-refractivity contribution in [2.24, 2.45) is 5.92 Å². The first kappa shape index (κ1) is 13.3. The first-order valence-electron chi connectivity index (χ1n) is 6.15. The number of aromatic hydroxyl groups is 2. The van der Waals surface area contributed by atoms with Gasteiger partial charge >= 0.3 is 0 Å². The van der Waals surface area contributed by atoms with Gasteiger partial charge in [-0.2, -0.15) is 0 Å². The van der Waals surface area contributed by atoms with Crippen molar-refractivity contribution in [3.63, 3.8) is 0 Å². The van der Waals surface area contributed by atoms with Crippen molar-refractivity contribution in [3.05, 3.63) is 23.5 Å². The number of allylic oxidation sites excluding steroid dienone is 1. The standard InChI is InChI=1S/C15H18O4/c1-8(2)5-6-10-12(16)11-9(3)7-19-15(11)13(17)14(10)18-4/h5-8,16-17H,1-4H3. The van der Waals surface area contributed by atoms with E-state index in [1.165, 1.54) is 13.4 Å². The molecule has 0 aliphatic rings. The minimum Gasteiger partial charge on any atom is -0.506 e. The molecule has 0 radical (unpaired) electrons. The van der Waals surface area contributed by atoms with Gasteiger partial charge in [0.2, 0.25) is 5.75 Å². The maximum absolute atomic E-state index is 10.4. The highest BCUT2D eigenvalue weighted by molar-refractivity contribution is 5.97. The highest BCUT2D eigenvalue weighted by Crippen LogP contribution is 2.47. The van der Waals surface area contributed by atoms with Gasteiger partial charge in [0.25, 0.3) is 0 Å². The molecule has 0 amide bonds. The Hall–Kier alpha value is -2.10. The summed E-state index contributed by atoms with van der Waals surface area (Å²) in [5.74, 6) is 0.517. The largest absolute Gasteiger partial charge is 0.506 e. The molecule has 19 heavy (non-hydrogen) atoms. The van der Waals surface area contributed by atoms with E-state index in [9.17, 15) is 10.2 Å². The minimum atomic E-state index is -0.0909. The lowest BCUT2D eigenvalue weighted by Gasteiger charge is -2.11. The molecule has 0 bridgehead atoms. The number of furan rings is 1. The van der Waals surface area contributed by atoms with Gasteiger partial charge in [-0.3, -0.25) is 0 Å². The Morgan fingerprint density at radius 2 is 1.95 bits per heavy atom. The summed E-state index contributed by atoms with van der Waals surface area (Å²) in [6.07, 6.45) is 5.18. The van der Waals surface area contributed by atoms with E-state index >= 15 is 0 Å². The first-order valence-corrected chi connectivity index (χ1v) is 6.15. The van der Waals surface area contributed by atoms with Crippen LogP contribution in [-0.2, 0) is 0 Å². The highest BCUT2D eigenvalue weighted by Gasteiger charge is 2.22. The second-order valence-electron chi connectivity index (χ2n) is 4.87. The van der Waals surface area contributed by atoms with E-state index < -0.39 is 0 Å². The van der Waals surface area contributed by atoms with Crippen LogP contribution in [0.1, 0.15) is 25.0 Å². The smallest absolute Gasteiger partial charge is 0.202 e. The Morgan fingerprint density at radius 3 is 2.53 bits per heavy atom. The molecular formula is C15H18O4. The van der Waals surface area contributed by atoms with Gasteiger partial charge in [-0.05, 0) is 18.4 Å². The van der Waals surface area contributed by atoms with Crippen LogP contribution in [-0.4, -0.2) is 17.3 Å². The van der Waals surface area contributed by atoms with Crippen LogP contribution in [0, 0.1) is 12.8 Å². The van der Waals surface area contributed by atoms with Gasteiger partial charge in [0, 0.05) is 0 Å². The summed E-state index contributed by atoms with van der Waals surface area (Å²) in [4.78, 5) is 0. The summed E-state index contributed by atoms with van der Waals surface area (Å²) < 4.78 is 10.5. The van der Waals surface area contributed by atoms with E-state index in [2.05, 4.69) is 0 Å². The van der Waals surface area contributed by atoms with Gasteiger partial charge in [-0.25, -0.2) is 0 Å². The van der Waals surface area contributed by atoms with Crippen molar-refractivity contribution < 1.29 is 19.4 Å². The third-order valence-corrected chi connectivity index (χ3v) is 2.99. The average Bonchev–Trinajstić information content (AvgIpc) is 2.74. The summed E-state index contributed by atoms with van der Waals surface area (Å²) in [5.41, 5.74) is 1.48. The molecule has 4 heteroatoms. The van der Waals surface area contributed by atoms with E-state index in [0.29, 0.717) is 16.9 Å². The minimum absolute atomic E-state index is 0.0628. The Morgan fingerprint density at radius 1 is 1.26 bits per heavy atom. The molecular weight excluding hydrogens is 244 g/mol. The van der Waals surface area contributed by atoms with E-state index in [1.807, 2.05) is 26.8 Å². The summed E-state index contributed by atoms with van der Waals surface area (Å²) >= 11 is 0. The number of aryl methyl sites for hydroxylation is 1. The first-order chi connectivity index (χ1) is 8.97. The number of hydrogen-bond acceptors (Lipinski definition) is 4. The topological polar surface area (TPSA) is 62.8 Å². The second-order valence-corrected chi connectivity index (χ2v) is 4.87. The van der Waals surface area contributed by atoms with Gasteiger partial charge < -0.3 is 19.4 Å². The van der Waals surface area contributed by atoms with Crippen molar-refractivity contribution in [2.75, 3.05) is 7.11 Å². The molecule has 1 aromatic carbocycles. The number of fused-ring (bicyclic) bond motifs is 1. The number of rotatable bonds is 3. The van der Waals surface area contributed by atoms with Crippen molar-refractivity contribution >= 4 is 17.0 Å². The number of benzene rings is 1. The van der Waals surface area contributed by atoms with Crippen LogP contribution < -0.4 is 4.74 Å². The molecule has 0 aliphatic carbocycles. The molecule has 0 saturated heterocycles. The monoisotopic (exact) mass is 262 g/mol. The fourth-order valence-electron chi connectivity index (χ4n) is 2.04. The molecule has 1 aromatic heterocycles. The lowest BCUT2D eigenvalue weighted by atomic mass is 10.0. The quantitative estimate of drug-likeness (QED) is 0.825. The zero-order chi connectivity index (χ0) is 14.2. The van der Waals surface area contributed by atoms with E-state index in [0.717, 1.165) is 5.56 Å². The van der Waals surface area contributed by atoms with Crippen molar-refractivity contribution in [2.45, 2.75) is 20.8 Å². The van der Waals surface area contributed by atoms with Gasteiger partial charge in [0.15, 0.2) is 11.3 Å². The van der Waals surface area contributed by atoms with Gasteiger partial charge in [0.05, 0.1) is 24.3 Å². The predicted octanol–water partition coefficient (Wildman–Crippen LogP) is 3.83. The zero-order valence-corrected chi connectivity index (χ0v) is 11.5. The molecule has 2 rings (SSSR count). The number of methoxy groups -OCH3 is 1. The summed E-state index contributed by atoms with van der Waals surface area (Å²) in [6.45, 7) is 5.87. The molecule has 0 saturated carbocycles. The van der Waals surface area contributed by atoms with Gasteiger partial charge in [-0.15, -0.1) is 0 Å². The average molecular weight is 262 g/mol. The summed E-state index contributed by atoms with van der Waals surface area (Å²) in [7, 11) is 1.45. The fraction of sp³-hybridized carbons (Fsp3) is 0.333. The summed E-state index contributed by atoms with van der Waals surface area (Å²) in [6, 6.07) is 0. The second kappa shape index (κ2) is 4.88. The maximum Gasteiger partial charge on any atom is 0.202 e. The van der Waals surface area contributed by atoms with Gasteiger partial charge in [0.1, 0.15) is 5.75 Å². The lowest BCUT2D eigenvalue weighted by molar-refractivity contribution is 0.367. The normalized spacial score (nSPS) is 11.8. The van der Waals surface area contributed by atoms with Crippen molar-refractivity contribution in [3.8, 4) is 17.2 Å². The van der Waals surface area contributed by atoms with E-state index in [1.54, 1.807) is 6.08 Å². The molecule has 0 unspecified atom stereocenters. The van der Waals surface area contributed by atoms with Crippen LogP contribution in [0.25, 0.3) is 17.0 Å². The Balaban J connectivity index is 2.80. The Bertz CT molecular complexity index is 635. The van der Waals surface area contributed by atoms with Crippen LogP contribution in [0.4, 0.5) is 0 Å². The maximum atomic E-state index is 10.4. The Labute approximate surface area is 111 Å². The van der Waals surface area contributed by atoms with Crippen molar-refractivity contribution in [1.82, 2.24) is 0 Å². The number of phenols is 2. The summed E-state index contributed by atoms with van der Waals surface area (Å²) in [5, 5.41) is 21.1. The Kier molecular flexibility index (Phi) is 3.42. The third-order valence-electron chi connectivity index (χ3n) is 2.99. The molecule has 1 heterocycles. The highest BCUT2D eigenvalue weighted by atomic mass is 16.5. The van der Waals surface area contributed by atoms with Crippen LogP contribution >= 0.6 is 0 Å². The molecule has 2 aromatic rings. The molecule has 4 nitrogen and oxygen atoms in total. The molecule has 2 N–H and O–H groups in total. The van der Waals surface area contributed by atoms with Crippen LogP contribution in [0.3, 0.4) is 0 Å². The molecule has 0 atom stereocenters. The van der Waals surface area contributed by atoms with E-state index in [4.69, 9.17) is 9.15 Å². The lowest BCUT2D eigenvalue weighted by Crippen LogP contribution is -1.91. The molecule has 0 spiro atoms.